The highest BCUT2D eigenvalue weighted by molar-refractivity contribution is 5.97. The first-order valence-corrected chi connectivity index (χ1v) is 9.81. The number of carbonyl (C=O) groups is 1. The summed E-state index contributed by atoms with van der Waals surface area (Å²) in [7, 11) is 1.68. The van der Waals surface area contributed by atoms with Crippen molar-refractivity contribution in [1.29, 1.82) is 0 Å². The monoisotopic (exact) mass is 380 g/mol. The van der Waals surface area contributed by atoms with Gasteiger partial charge in [-0.05, 0) is 61.2 Å². The van der Waals surface area contributed by atoms with Gasteiger partial charge < -0.3 is 14.6 Å². The van der Waals surface area contributed by atoms with Gasteiger partial charge in [0.2, 0.25) is 0 Å². The number of aromatic nitrogens is 1. The second-order valence-corrected chi connectivity index (χ2v) is 7.45. The third-order valence-corrected chi connectivity index (χ3v) is 5.65. The van der Waals surface area contributed by atoms with Gasteiger partial charge in [-0.25, -0.2) is 4.39 Å². The quantitative estimate of drug-likeness (QED) is 0.614. The van der Waals surface area contributed by atoms with Crippen LogP contribution in [0, 0.1) is 11.7 Å². The molecule has 1 unspecified atom stereocenters. The summed E-state index contributed by atoms with van der Waals surface area (Å²) in [5.74, 6) is 0.920. The fourth-order valence-corrected chi connectivity index (χ4v) is 4.17. The molecule has 1 saturated heterocycles. The highest BCUT2D eigenvalue weighted by Crippen LogP contribution is 2.37. The lowest BCUT2D eigenvalue weighted by Gasteiger charge is -2.20. The lowest BCUT2D eigenvalue weighted by Crippen LogP contribution is -2.21. The van der Waals surface area contributed by atoms with Gasteiger partial charge in [-0.3, -0.25) is 4.79 Å². The zero-order valence-corrected chi connectivity index (χ0v) is 16.3. The van der Waals surface area contributed by atoms with Crippen LogP contribution in [-0.2, 0) is 6.42 Å². The van der Waals surface area contributed by atoms with Gasteiger partial charge in [0.05, 0.1) is 12.8 Å². The Labute approximate surface area is 164 Å². The second-order valence-electron chi connectivity index (χ2n) is 7.45. The van der Waals surface area contributed by atoms with Crippen LogP contribution in [0.25, 0.3) is 10.9 Å². The Balaban J connectivity index is 1.53. The summed E-state index contributed by atoms with van der Waals surface area (Å²) in [6, 6.07) is 12.0. The van der Waals surface area contributed by atoms with Crippen molar-refractivity contribution in [2.75, 3.05) is 25.1 Å². The Morgan fingerprint density at radius 1 is 1.25 bits per heavy atom. The Morgan fingerprint density at radius 2 is 2.04 bits per heavy atom. The molecule has 0 saturated carbocycles. The summed E-state index contributed by atoms with van der Waals surface area (Å²) in [4.78, 5) is 18.5. The molecule has 1 atom stereocenters. The topological polar surface area (TPSA) is 45.3 Å². The van der Waals surface area contributed by atoms with Crippen molar-refractivity contribution in [2.24, 2.45) is 5.92 Å². The number of hydrogen-bond donors (Lipinski definition) is 1. The van der Waals surface area contributed by atoms with Crippen molar-refractivity contribution >= 4 is 22.4 Å². The zero-order chi connectivity index (χ0) is 19.7. The van der Waals surface area contributed by atoms with Gasteiger partial charge in [0.15, 0.2) is 5.78 Å². The normalized spacial score (nSPS) is 16.7. The largest absolute Gasteiger partial charge is 0.497 e. The van der Waals surface area contributed by atoms with Crippen molar-refractivity contribution < 1.29 is 13.9 Å². The molecule has 0 bridgehead atoms. The Morgan fingerprint density at radius 3 is 2.75 bits per heavy atom. The first kappa shape index (κ1) is 18.5. The molecule has 0 aliphatic carbocycles. The van der Waals surface area contributed by atoms with E-state index in [4.69, 9.17) is 4.74 Å². The minimum absolute atomic E-state index is 0.0863. The van der Waals surface area contributed by atoms with Crippen LogP contribution in [0.2, 0.25) is 0 Å². The van der Waals surface area contributed by atoms with E-state index in [1.807, 2.05) is 6.07 Å². The molecular formula is C23H25FN2O2. The molecule has 0 spiro atoms. The molecule has 28 heavy (non-hydrogen) atoms. The number of fused-ring (bicyclic) bond motifs is 1. The summed E-state index contributed by atoms with van der Waals surface area (Å²) < 4.78 is 18.5. The number of aryl methyl sites for hydroxylation is 1. The van der Waals surface area contributed by atoms with Crippen LogP contribution < -0.4 is 9.64 Å². The lowest BCUT2D eigenvalue weighted by atomic mass is 9.97. The number of Topliss-reactive ketones (excluding diaryl/α,β-unsaturated/α-hetero) is 1. The van der Waals surface area contributed by atoms with Crippen molar-refractivity contribution in [3.8, 4) is 5.75 Å². The highest BCUT2D eigenvalue weighted by Gasteiger charge is 2.28. The highest BCUT2D eigenvalue weighted by atomic mass is 19.1. The molecule has 2 aromatic carbocycles. The van der Waals surface area contributed by atoms with Gasteiger partial charge in [-0.15, -0.1) is 0 Å². The van der Waals surface area contributed by atoms with Crippen LogP contribution in [-0.4, -0.2) is 31.0 Å². The predicted octanol–water partition coefficient (Wildman–Crippen LogP) is 4.98. The first-order chi connectivity index (χ1) is 13.6. The number of aromatic amines is 1. The maximum atomic E-state index is 13.1. The molecule has 1 fully saturated rings. The summed E-state index contributed by atoms with van der Waals surface area (Å²) in [6.45, 7) is 3.93. The Kier molecular flexibility index (Phi) is 5.07. The Bertz CT molecular complexity index is 994. The number of hydrogen-bond acceptors (Lipinski definition) is 3. The minimum Gasteiger partial charge on any atom is -0.497 e. The maximum absolute atomic E-state index is 13.1. The van der Waals surface area contributed by atoms with Crippen LogP contribution in [0.3, 0.4) is 0 Å². The van der Waals surface area contributed by atoms with Crippen molar-refractivity contribution in [3.05, 3.63) is 59.5 Å². The van der Waals surface area contributed by atoms with E-state index in [9.17, 15) is 9.18 Å². The van der Waals surface area contributed by atoms with Gasteiger partial charge >= 0.3 is 0 Å². The smallest absolute Gasteiger partial charge is 0.163 e. The van der Waals surface area contributed by atoms with E-state index in [-0.39, 0.29) is 11.6 Å². The number of ketones is 1. The van der Waals surface area contributed by atoms with Crippen LogP contribution >= 0.6 is 0 Å². The average Bonchev–Trinajstić information content (AvgIpc) is 3.31. The number of benzene rings is 2. The molecule has 3 aromatic rings. The first-order valence-electron chi connectivity index (χ1n) is 9.81. The number of halogens is 1. The zero-order valence-electron chi connectivity index (χ0n) is 16.3. The molecule has 1 aliphatic heterocycles. The molecule has 1 aromatic heterocycles. The third-order valence-electron chi connectivity index (χ3n) is 5.65. The van der Waals surface area contributed by atoms with Gasteiger partial charge in [-0.2, -0.15) is 0 Å². The van der Waals surface area contributed by atoms with Gasteiger partial charge in [-0.1, -0.05) is 6.92 Å². The van der Waals surface area contributed by atoms with Crippen LogP contribution in [0.15, 0.2) is 42.5 Å². The van der Waals surface area contributed by atoms with Gasteiger partial charge in [0.1, 0.15) is 11.6 Å². The van der Waals surface area contributed by atoms with E-state index in [1.54, 1.807) is 19.2 Å². The molecule has 4 nitrogen and oxygen atoms in total. The molecule has 0 radical (unpaired) electrons. The standard InChI is InChI=1S/C23H25FN2O2/c1-3-20-23(19-13-18(28-2)8-9-21(19)25-20)26-11-10-15(14-26)12-22(27)16-4-6-17(24)7-5-16/h4-9,13,15,25H,3,10-12,14H2,1-2H3. The third kappa shape index (κ3) is 3.49. The van der Waals surface area contributed by atoms with Crippen molar-refractivity contribution in [1.82, 2.24) is 4.98 Å². The number of carbonyl (C=O) groups excluding carboxylic acids is 1. The molecule has 5 heteroatoms. The summed E-state index contributed by atoms with van der Waals surface area (Å²) >= 11 is 0. The SMILES string of the molecule is CCc1[nH]c2ccc(OC)cc2c1N1CCC(CC(=O)c2ccc(F)cc2)C1. The minimum atomic E-state index is -0.314. The van der Waals surface area contributed by atoms with Gasteiger partial charge in [0.25, 0.3) is 0 Å². The Hall–Kier alpha value is -2.82. The molecule has 1 N–H and O–H groups in total. The number of ether oxygens (including phenoxy) is 1. The van der Waals surface area contributed by atoms with Crippen LogP contribution in [0.4, 0.5) is 10.1 Å². The summed E-state index contributed by atoms with van der Waals surface area (Å²) in [6.07, 6.45) is 2.39. The van der Waals surface area contributed by atoms with Crippen LogP contribution in [0.5, 0.6) is 5.75 Å². The molecular weight excluding hydrogens is 355 g/mol. The van der Waals surface area contributed by atoms with E-state index in [1.165, 1.54) is 28.9 Å². The van der Waals surface area contributed by atoms with Crippen molar-refractivity contribution in [2.45, 2.75) is 26.2 Å². The number of anilines is 1. The maximum Gasteiger partial charge on any atom is 0.163 e. The number of nitrogens with zero attached hydrogens (tertiary/aromatic N) is 1. The van der Waals surface area contributed by atoms with Crippen molar-refractivity contribution in [3.63, 3.8) is 0 Å². The number of nitrogens with one attached hydrogen (secondary N) is 1. The molecule has 0 amide bonds. The fraction of sp³-hybridized carbons (Fsp3) is 0.348. The number of H-pyrrole nitrogens is 1. The molecule has 2 heterocycles. The molecule has 4 rings (SSSR count). The lowest BCUT2D eigenvalue weighted by molar-refractivity contribution is 0.0965. The second kappa shape index (κ2) is 7.66. The summed E-state index contributed by atoms with van der Waals surface area (Å²) in [5.41, 5.74) is 4.14. The predicted molar refractivity (Wildman–Crippen MR) is 110 cm³/mol. The van der Waals surface area contributed by atoms with E-state index in [0.717, 1.165) is 37.2 Å². The van der Waals surface area contributed by atoms with Crippen LogP contribution in [0.1, 0.15) is 35.8 Å². The van der Waals surface area contributed by atoms with Gasteiger partial charge in [0, 0.05) is 41.7 Å². The van der Waals surface area contributed by atoms with E-state index in [2.05, 4.69) is 28.9 Å². The fourth-order valence-electron chi connectivity index (χ4n) is 4.17. The molecule has 146 valence electrons. The number of methoxy groups -OCH3 is 1. The number of rotatable bonds is 6. The van der Waals surface area contributed by atoms with E-state index in [0.29, 0.717) is 17.9 Å². The molecule has 1 aliphatic rings. The average molecular weight is 380 g/mol. The van der Waals surface area contributed by atoms with E-state index >= 15 is 0 Å². The van der Waals surface area contributed by atoms with E-state index < -0.39 is 0 Å². The summed E-state index contributed by atoms with van der Waals surface area (Å²) in [5, 5.41) is 1.17.